The molecule has 0 amide bonds. The van der Waals surface area contributed by atoms with Gasteiger partial charge >= 0.3 is 0 Å². The van der Waals surface area contributed by atoms with Crippen LogP contribution in [0.15, 0.2) is 59.9 Å². The Labute approximate surface area is 202 Å². The van der Waals surface area contributed by atoms with Crippen LogP contribution in [-0.4, -0.2) is 28.4 Å². The molecule has 1 aromatic carbocycles. The van der Waals surface area contributed by atoms with Crippen LogP contribution in [0.2, 0.25) is 0 Å². The van der Waals surface area contributed by atoms with Crippen molar-refractivity contribution >= 4 is 21.5 Å². The van der Waals surface area contributed by atoms with Gasteiger partial charge in [0.2, 0.25) is 0 Å². The number of pyridine rings is 2. The first-order chi connectivity index (χ1) is 16.7. The number of nitrogens with zero attached hydrogens (tertiary/aromatic N) is 4. The van der Waals surface area contributed by atoms with Crippen molar-refractivity contribution in [1.29, 1.82) is 0 Å². The summed E-state index contributed by atoms with van der Waals surface area (Å²) in [6, 6.07) is 7.81. The van der Waals surface area contributed by atoms with E-state index in [4.69, 9.17) is 0 Å². The molecule has 3 aromatic heterocycles. The highest BCUT2D eigenvalue weighted by atomic mass is 32.2. The number of anilines is 2. The molecule has 0 saturated heterocycles. The van der Waals surface area contributed by atoms with Crippen molar-refractivity contribution in [3.63, 3.8) is 0 Å². The third-order valence-corrected chi connectivity index (χ3v) is 7.20. The summed E-state index contributed by atoms with van der Waals surface area (Å²) in [5.41, 5.74) is 3.32. The number of sulfone groups is 1. The Balaban J connectivity index is 1.73. The first-order valence-corrected chi connectivity index (χ1v) is 12.5. The molecule has 4 rings (SSSR count). The predicted octanol–water partition coefficient (Wildman–Crippen LogP) is 5.11. The Kier molecular flexibility index (Phi) is 6.83. The highest BCUT2D eigenvalue weighted by molar-refractivity contribution is 7.90. The molecule has 0 aliphatic carbocycles. The molecule has 0 aliphatic heterocycles. The van der Waals surface area contributed by atoms with Crippen LogP contribution in [0, 0.1) is 25.5 Å². The largest absolute Gasteiger partial charge is 0.325 e. The molecule has 0 aliphatic rings. The van der Waals surface area contributed by atoms with Gasteiger partial charge in [-0.1, -0.05) is 6.92 Å². The summed E-state index contributed by atoms with van der Waals surface area (Å²) in [5.74, 6) is -0.657. The lowest BCUT2D eigenvalue weighted by Gasteiger charge is -2.17. The van der Waals surface area contributed by atoms with Crippen LogP contribution in [0.4, 0.5) is 20.4 Å². The molecule has 0 saturated carbocycles. The maximum Gasteiger partial charge on any atom is 0.185 e. The smallest absolute Gasteiger partial charge is 0.185 e. The average Bonchev–Trinajstić information content (AvgIpc) is 2.80. The summed E-state index contributed by atoms with van der Waals surface area (Å²) in [5, 5.41) is 3.14. The summed E-state index contributed by atoms with van der Waals surface area (Å²) < 4.78 is 53.7. The highest BCUT2D eigenvalue weighted by Gasteiger charge is 2.24. The fourth-order valence-corrected chi connectivity index (χ4v) is 5.41. The molecule has 0 radical (unpaired) electrons. The molecule has 0 atom stereocenters. The van der Waals surface area contributed by atoms with Crippen molar-refractivity contribution in [2.24, 2.45) is 0 Å². The molecule has 10 heteroatoms. The standard InChI is InChI=1S/C25H23F2N5O2S/c1-4-19-20(17-7-9-29-25(11-17)32-24-8-10-28-16(3)31-24)13-30-15(2)21(19)14-35(33,34)23-6-5-18(26)12-22(23)27/h5-13H,4,14H2,1-3H3,(H,28,29,31,32). The third kappa shape index (κ3) is 5.32. The minimum absolute atomic E-state index is 0.457. The van der Waals surface area contributed by atoms with Crippen LogP contribution in [0.3, 0.4) is 0 Å². The Hall–Kier alpha value is -3.79. The first-order valence-electron chi connectivity index (χ1n) is 10.9. The van der Waals surface area contributed by atoms with Gasteiger partial charge in [0.15, 0.2) is 9.84 Å². The van der Waals surface area contributed by atoms with Crippen molar-refractivity contribution in [1.82, 2.24) is 19.9 Å². The summed E-state index contributed by atoms with van der Waals surface area (Å²) in [6.07, 6.45) is 5.49. The van der Waals surface area contributed by atoms with Gasteiger partial charge in [0.1, 0.15) is 34.0 Å². The van der Waals surface area contributed by atoms with Crippen LogP contribution < -0.4 is 5.32 Å². The SMILES string of the molecule is CCc1c(-c2ccnc(Nc3ccnc(C)n3)c2)cnc(C)c1CS(=O)(=O)c1ccc(F)cc1F. The monoisotopic (exact) mass is 495 g/mol. The van der Waals surface area contributed by atoms with Crippen molar-refractivity contribution < 1.29 is 17.2 Å². The summed E-state index contributed by atoms with van der Waals surface area (Å²) >= 11 is 0. The lowest BCUT2D eigenvalue weighted by molar-refractivity contribution is 0.548. The molecule has 0 spiro atoms. The number of nitrogens with one attached hydrogen (secondary N) is 1. The van der Waals surface area contributed by atoms with E-state index in [0.717, 1.165) is 28.8 Å². The van der Waals surface area contributed by atoms with E-state index in [9.17, 15) is 17.2 Å². The average molecular weight is 496 g/mol. The first kappa shape index (κ1) is 24.3. The summed E-state index contributed by atoms with van der Waals surface area (Å²) in [4.78, 5) is 16.6. The van der Waals surface area contributed by atoms with Gasteiger partial charge in [-0.2, -0.15) is 0 Å². The van der Waals surface area contributed by atoms with Gasteiger partial charge in [-0.3, -0.25) is 4.98 Å². The van der Waals surface area contributed by atoms with E-state index >= 15 is 0 Å². The van der Waals surface area contributed by atoms with Crippen LogP contribution in [0.1, 0.15) is 29.6 Å². The molecule has 0 fully saturated rings. The molecule has 0 unspecified atom stereocenters. The van der Waals surface area contributed by atoms with Crippen molar-refractivity contribution in [2.75, 3.05) is 5.32 Å². The molecule has 7 nitrogen and oxygen atoms in total. The molecular formula is C25H23F2N5O2S. The van der Waals surface area contributed by atoms with Crippen LogP contribution in [0.25, 0.3) is 11.1 Å². The van der Waals surface area contributed by atoms with Gasteiger partial charge in [0.05, 0.1) is 5.75 Å². The number of aromatic nitrogens is 4. The van der Waals surface area contributed by atoms with Gasteiger partial charge in [-0.15, -0.1) is 0 Å². The topological polar surface area (TPSA) is 97.7 Å². The number of halogens is 2. The lowest BCUT2D eigenvalue weighted by atomic mass is 9.95. The molecule has 1 N–H and O–H groups in total. The van der Waals surface area contributed by atoms with Crippen LogP contribution >= 0.6 is 0 Å². The predicted molar refractivity (Wildman–Crippen MR) is 129 cm³/mol. The fourth-order valence-electron chi connectivity index (χ4n) is 3.86. The number of hydrogen-bond donors (Lipinski definition) is 1. The summed E-state index contributed by atoms with van der Waals surface area (Å²) in [7, 11) is -4.09. The maximum absolute atomic E-state index is 14.3. The highest BCUT2D eigenvalue weighted by Crippen LogP contribution is 2.32. The van der Waals surface area contributed by atoms with Crippen LogP contribution in [0.5, 0.6) is 0 Å². The van der Waals surface area contributed by atoms with Crippen molar-refractivity contribution in [3.8, 4) is 11.1 Å². The zero-order chi connectivity index (χ0) is 25.2. The van der Waals surface area contributed by atoms with E-state index in [1.807, 2.05) is 13.0 Å². The maximum atomic E-state index is 14.3. The number of aryl methyl sites for hydroxylation is 2. The minimum atomic E-state index is -4.09. The second kappa shape index (κ2) is 9.83. The Morgan fingerprint density at radius 2 is 1.69 bits per heavy atom. The lowest BCUT2D eigenvalue weighted by Crippen LogP contribution is -2.12. The van der Waals surface area contributed by atoms with E-state index in [2.05, 4.69) is 25.3 Å². The second-order valence-electron chi connectivity index (χ2n) is 7.95. The number of hydrogen-bond acceptors (Lipinski definition) is 7. The van der Waals surface area contributed by atoms with E-state index in [-0.39, 0.29) is 0 Å². The Morgan fingerprint density at radius 1 is 0.914 bits per heavy atom. The van der Waals surface area contributed by atoms with Crippen LogP contribution in [-0.2, 0) is 22.0 Å². The Morgan fingerprint density at radius 3 is 2.40 bits per heavy atom. The van der Waals surface area contributed by atoms with Gasteiger partial charge in [0, 0.05) is 35.9 Å². The van der Waals surface area contributed by atoms with Gasteiger partial charge in [0.25, 0.3) is 0 Å². The third-order valence-electron chi connectivity index (χ3n) is 5.53. The minimum Gasteiger partial charge on any atom is -0.325 e. The molecule has 0 bridgehead atoms. The normalized spacial score (nSPS) is 11.5. The molecule has 3 heterocycles. The molecule has 4 aromatic rings. The fraction of sp³-hybridized carbons (Fsp3) is 0.200. The molecular weight excluding hydrogens is 472 g/mol. The molecule has 35 heavy (non-hydrogen) atoms. The Bertz CT molecular complexity index is 1510. The number of benzene rings is 1. The number of rotatable bonds is 7. The quantitative estimate of drug-likeness (QED) is 0.356. The molecule has 180 valence electrons. The van der Waals surface area contributed by atoms with E-state index < -0.39 is 32.1 Å². The summed E-state index contributed by atoms with van der Waals surface area (Å²) in [6.45, 7) is 5.41. The van der Waals surface area contributed by atoms with E-state index in [0.29, 0.717) is 41.2 Å². The van der Waals surface area contributed by atoms with E-state index in [1.165, 1.54) is 0 Å². The van der Waals surface area contributed by atoms with Crippen molar-refractivity contribution in [2.45, 2.75) is 37.8 Å². The zero-order valence-corrected chi connectivity index (χ0v) is 20.2. The van der Waals surface area contributed by atoms with Gasteiger partial charge in [-0.25, -0.2) is 32.2 Å². The van der Waals surface area contributed by atoms with E-state index in [1.54, 1.807) is 44.6 Å². The zero-order valence-electron chi connectivity index (χ0n) is 19.4. The van der Waals surface area contributed by atoms with Gasteiger partial charge < -0.3 is 5.32 Å². The second-order valence-corrected chi connectivity index (χ2v) is 9.90. The van der Waals surface area contributed by atoms with Crippen molar-refractivity contribution in [3.05, 3.63) is 89.3 Å². The van der Waals surface area contributed by atoms with Gasteiger partial charge in [-0.05, 0) is 67.3 Å².